The van der Waals surface area contributed by atoms with Crippen molar-refractivity contribution in [3.05, 3.63) is 41.0 Å². The van der Waals surface area contributed by atoms with E-state index in [0.29, 0.717) is 11.0 Å². The smallest absolute Gasteiger partial charge is 0.249 e. The van der Waals surface area contributed by atoms with Crippen molar-refractivity contribution in [2.75, 3.05) is 45.9 Å². The predicted molar refractivity (Wildman–Crippen MR) is 124 cm³/mol. The van der Waals surface area contributed by atoms with Crippen LogP contribution in [0.1, 0.15) is 68.4 Å². The monoisotopic (exact) mass is 413 g/mol. The number of rotatable bonds is 7. The Morgan fingerprint density at radius 1 is 1.17 bits per heavy atom. The number of aliphatic hydroxyl groups excluding tert-OH is 1. The molecule has 2 aliphatic rings. The summed E-state index contributed by atoms with van der Waals surface area (Å²) in [5.41, 5.74) is 10.2. The van der Waals surface area contributed by atoms with Crippen LogP contribution < -0.4 is 5.73 Å². The highest BCUT2D eigenvalue weighted by Crippen LogP contribution is 2.40. The van der Waals surface area contributed by atoms with E-state index in [1.165, 1.54) is 11.1 Å². The molecule has 1 aromatic rings. The molecule has 30 heavy (non-hydrogen) atoms. The lowest BCUT2D eigenvalue weighted by molar-refractivity contribution is 0.0994. The van der Waals surface area contributed by atoms with Gasteiger partial charge in [0.1, 0.15) is 0 Å². The topological polar surface area (TPSA) is 69.8 Å². The molecule has 0 unspecified atom stereocenters. The SMILES string of the molecule is CC1(C)CC=C(c2cc(C(C)(C)CN3CCN(CCO)CC3)ccc2C(N)=O)CC1. The van der Waals surface area contributed by atoms with Gasteiger partial charge in [-0.3, -0.25) is 14.6 Å². The molecule has 1 heterocycles. The van der Waals surface area contributed by atoms with Gasteiger partial charge >= 0.3 is 0 Å². The maximum Gasteiger partial charge on any atom is 0.249 e. The average molecular weight is 414 g/mol. The lowest BCUT2D eigenvalue weighted by Gasteiger charge is -2.39. The first-order valence-electron chi connectivity index (χ1n) is 11.3. The van der Waals surface area contributed by atoms with E-state index in [1.54, 1.807) is 0 Å². The molecule has 0 radical (unpaired) electrons. The first kappa shape index (κ1) is 23.0. The minimum absolute atomic E-state index is 0.0292. The quantitative estimate of drug-likeness (QED) is 0.720. The zero-order valence-electron chi connectivity index (χ0n) is 19.2. The van der Waals surface area contributed by atoms with Crippen molar-refractivity contribution in [3.63, 3.8) is 0 Å². The Bertz CT molecular complexity index is 790. The third kappa shape index (κ3) is 5.51. The number of benzene rings is 1. The second-order valence-corrected chi connectivity index (χ2v) is 10.4. The molecule has 166 valence electrons. The minimum atomic E-state index is -0.347. The summed E-state index contributed by atoms with van der Waals surface area (Å²) >= 11 is 0. The van der Waals surface area contributed by atoms with Crippen LogP contribution in [0, 0.1) is 5.41 Å². The summed E-state index contributed by atoms with van der Waals surface area (Å²) in [5.74, 6) is -0.347. The Kier molecular flexibility index (Phi) is 7.05. The van der Waals surface area contributed by atoms with Gasteiger partial charge < -0.3 is 10.8 Å². The molecule has 1 aliphatic heterocycles. The number of hydrogen-bond donors (Lipinski definition) is 2. The van der Waals surface area contributed by atoms with Gasteiger partial charge in [-0.25, -0.2) is 0 Å². The van der Waals surface area contributed by atoms with Gasteiger partial charge in [-0.05, 0) is 47.4 Å². The standard InChI is InChI=1S/C25H39N3O2/c1-24(2)9-7-19(8-10-24)22-17-20(5-6-21(22)23(26)30)25(3,4)18-28-13-11-27(12-14-28)15-16-29/h5-7,17,29H,8-16,18H2,1-4H3,(H2,26,30). The third-order valence-corrected chi connectivity index (χ3v) is 6.88. The zero-order valence-corrected chi connectivity index (χ0v) is 19.2. The average Bonchev–Trinajstić information content (AvgIpc) is 2.69. The Hall–Kier alpha value is -1.69. The predicted octanol–water partition coefficient (Wildman–Crippen LogP) is 3.27. The molecule has 0 aromatic heterocycles. The van der Waals surface area contributed by atoms with E-state index < -0.39 is 0 Å². The van der Waals surface area contributed by atoms with Crippen molar-refractivity contribution in [2.45, 2.75) is 52.4 Å². The summed E-state index contributed by atoms with van der Waals surface area (Å²) in [4.78, 5) is 16.9. The van der Waals surface area contributed by atoms with Crippen molar-refractivity contribution in [1.82, 2.24) is 9.80 Å². The highest BCUT2D eigenvalue weighted by atomic mass is 16.3. The number of hydrogen-bond acceptors (Lipinski definition) is 4. The molecule has 0 bridgehead atoms. The molecule has 1 saturated heterocycles. The summed E-state index contributed by atoms with van der Waals surface area (Å²) in [6, 6.07) is 6.22. The molecule has 1 aliphatic carbocycles. The van der Waals surface area contributed by atoms with Crippen LogP contribution in [-0.2, 0) is 5.41 Å². The van der Waals surface area contributed by atoms with Crippen LogP contribution in [0.25, 0.3) is 5.57 Å². The number of amides is 1. The van der Waals surface area contributed by atoms with E-state index in [-0.39, 0.29) is 17.9 Å². The lowest BCUT2D eigenvalue weighted by Crippen LogP contribution is -2.50. The van der Waals surface area contributed by atoms with Crippen LogP contribution in [0.3, 0.4) is 0 Å². The molecule has 5 nitrogen and oxygen atoms in total. The van der Waals surface area contributed by atoms with Gasteiger partial charge in [0.15, 0.2) is 0 Å². The number of allylic oxidation sites excluding steroid dienone is 2. The van der Waals surface area contributed by atoms with E-state index in [9.17, 15) is 4.79 Å². The summed E-state index contributed by atoms with van der Waals surface area (Å²) < 4.78 is 0. The fourth-order valence-electron chi connectivity index (χ4n) is 4.73. The number of carbonyl (C=O) groups is 1. The van der Waals surface area contributed by atoms with Gasteiger partial charge in [0.25, 0.3) is 0 Å². The van der Waals surface area contributed by atoms with E-state index in [1.807, 2.05) is 6.07 Å². The van der Waals surface area contributed by atoms with Crippen LogP contribution in [0.15, 0.2) is 24.3 Å². The fourth-order valence-corrected chi connectivity index (χ4v) is 4.73. The number of nitrogens with zero attached hydrogens (tertiary/aromatic N) is 2. The number of piperazine rings is 1. The molecular weight excluding hydrogens is 374 g/mol. The number of aliphatic hydroxyl groups is 1. The van der Waals surface area contributed by atoms with Crippen LogP contribution >= 0.6 is 0 Å². The Labute approximate surface area is 181 Å². The van der Waals surface area contributed by atoms with Crippen LogP contribution in [0.5, 0.6) is 0 Å². The van der Waals surface area contributed by atoms with Gasteiger partial charge in [-0.2, -0.15) is 0 Å². The van der Waals surface area contributed by atoms with E-state index in [2.05, 4.69) is 55.7 Å². The fraction of sp³-hybridized carbons (Fsp3) is 0.640. The summed E-state index contributed by atoms with van der Waals surface area (Å²) in [6.45, 7) is 15.2. The second kappa shape index (κ2) is 9.21. The van der Waals surface area contributed by atoms with Crippen molar-refractivity contribution >= 4 is 11.5 Å². The molecule has 3 N–H and O–H groups in total. The van der Waals surface area contributed by atoms with Gasteiger partial charge in [0.2, 0.25) is 5.91 Å². The number of nitrogens with two attached hydrogens (primary N) is 1. The highest BCUT2D eigenvalue weighted by Gasteiger charge is 2.29. The van der Waals surface area contributed by atoms with Crippen molar-refractivity contribution < 1.29 is 9.90 Å². The lowest BCUT2D eigenvalue weighted by atomic mass is 9.75. The molecule has 1 aromatic carbocycles. The van der Waals surface area contributed by atoms with Crippen molar-refractivity contribution in [3.8, 4) is 0 Å². The van der Waals surface area contributed by atoms with Gasteiger partial charge in [0, 0.05) is 50.2 Å². The second-order valence-electron chi connectivity index (χ2n) is 10.4. The minimum Gasteiger partial charge on any atom is -0.395 e. The van der Waals surface area contributed by atoms with E-state index >= 15 is 0 Å². The molecule has 0 spiro atoms. The van der Waals surface area contributed by atoms with Crippen molar-refractivity contribution in [1.29, 1.82) is 0 Å². The maximum atomic E-state index is 12.1. The first-order chi connectivity index (χ1) is 14.1. The number of primary amides is 1. The summed E-state index contributed by atoms with van der Waals surface area (Å²) in [7, 11) is 0. The molecule has 3 rings (SSSR count). The molecule has 1 fully saturated rings. The van der Waals surface area contributed by atoms with Crippen molar-refractivity contribution in [2.24, 2.45) is 11.1 Å². The van der Waals surface area contributed by atoms with Crippen LogP contribution in [-0.4, -0.2) is 66.7 Å². The Morgan fingerprint density at radius 3 is 2.40 bits per heavy atom. The summed E-state index contributed by atoms with van der Waals surface area (Å²) in [6.07, 6.45) is 5.46. The van der Waals surface area contributed by atoms with Crippen LogP contribution in [0.4, 0.5) is 0 Å². The molecule has 0 atom stereocenters. The number of carbonyl (C=O) groups excluding carboxylic acids is 1. The molecular formula is C25H39N3O2. The zero-order chi connectivity index (χ0) is 21.9. The van der Waals surface area contributed by atoms with Gasteiger partial charge in [0.05, 0.1) is 6.61 Å². The summed E-state index contributed by atoms with van der Waals surface area (Å²) in [5, 5.41) is 9.15. The van der Waals surface area contributed by atoms with Gasteiger partial charge in [-0.1, -0.05) is 45.9 Å². The van der Waals surface area contributed by atoms with E-state index in [0.717, 1.165) is 64.1 Å². The third-order valence-electron chi connectivity index (χ3n) is 6.88. The Balaban J connectivity index is 1.80. The molecule has 0 saturated carbocycles. The first-order valence-corrected chi connectivity index (χ1v) is 11.3. The highest BCUT2D eigenvalue weighted by molar-refractivity contribution is 5.98. The largest absolute Gasteiger partial charge is 0.395 e. The van der Waals surface area contributed by atoms with E-state index in [4.69, 9.17) is 10.8 Å². The molecule has 5 heteroatoms. The van der Waals surface area contributed by atoms with Gasteiger partial charge in [-0.15, -0.1) is 0 Å². The normalized spacial score (nSPS) is 20.8. The maximum absolute atomic E-state index is 12.1. The number of β-amino-alcohol motifs (C(OH)–C–C–N with tert-alkyl or cyclic N) is 1. The molecule has 1 amide bonds. The Morgan fingerprint density at radius 2 is 1.83 bits per heavy atom. The van der Waals surface area contributed by atoms with Crippen LogP contribution in [0.2, 0.25) is 0 Å².